The van der Waals surface area contributed by atoms with Gasteiger partial charge in [0.05, 0.1) is 16.8 Å². The first-order valence-electron chi connectivity index (χ1n) is 7.46. The third kappa shape index (κ3) is 4.92. The molecule has 2 rings (SSSR count). The summed E-state index contributed by atoms with van der Waals surface area (Å²) in [5.74, 6) is -0.0848. The molecule has 7 heteroatoms. The van der Waals surface area contributed by atoms with Crippen LogP contribution in [0.3, 0.4) is 0 Å². The van der Waals surface area contributed by atoms with Gasteiger partial charge in [-0.25, -0.2) is 9.78 Å². The monoisotopic (exact) mass is 335 g/mol. The van der Waals surface area contributed by atoms with Crippen molar-refractivity contribution < 1.29 is 14.3 Å². The van der Waals surface area contributed by atoms with E-state index in [2.05, 4.69) is 15.6 Å². The number of aryl methyl sites for hydroxylation is 1. The fraction of sp³-hybridized carbons (Fsp3) is 0.438. The highest BCUT2D eigenvalue weighted by molar-refractivity contribution is 7.22. The Labute approximate surface area is 139 Å². The molecule has 124 valence electrons. The molecule has 2 N–H and O–H groups in total. The molecule has 23 heavy (non-hydrogen) atoms. The van der Waals surface area contributed by atoms with Crippen LogP contribution in [0.25, 0.3) is 10.2 Å². The Bertz CT molecular complexity index is 712. The molecule has 6 nitrogen and oxygen atoms in total. The van der Waals surface area contributed by atoms with Crippen molar-refractivity contribution in [2.75, 3.05) is 11.9 Å². The number of hydrogen-bond acceptors (Lipinski definition) is 5. The largest absolute Gasteiger partial charge is 0.449 e. The predicted molar refractivity (Wildman–Crippen MR) is 91.8 cm³/mol. The van der Waals surface area contributed by atoms with E-state index in [1.807, 2.05) is 39.0 Å². The van der Waals surface area contributed by atoms with E-state index >= 15 is 0 Å². The van der Waals surface area contributed by atoms with Gasteiger partial charge in [0.1, 0.15) is 6.04 Å². The van der Waals surface area contributed by atoms with Crippen molar-refractivity contribution in [2.45, 2.75) is 33.7 Å². The normalized spacial score (nSPS) is 12.2. The predicted octanol–water partition coefficient (Wildman–Crippen LogP) is 3.31. The second-order valence-electron chi connectivity index (χ2n) is 5.84. The van der Waals surface area contributed by atoms with E-state index in [0.29, 0.717) is 11.7 Å². The molecule has 0 bridgehead atoms. The summed E-state index contributed by atoms with van der Waals surface area (Å²) in [6.07, 6.45) is -0.596. The van der Waals surface area contributed by atoms with Crippen molar-refractivity contribution in [3.63, 3.8) is 0 Å². The van der Waals surface area contributed by atoms with Crippen molar-refractivity contribution in [3.05, 3.63) is 23.8 Å². The third-order valence-corrected chi connectivity index (χ3v) is 3.98. The van der Waals surface area contributed by atoms with Crippen LogP contribution in [0.5, 0.6) is 0 Å². The minimum Gasteiger partial charge on any atom is -0.449 e. The van der Waals surface area contributed by atoms with E-state index in [0.717, 1.165) is 15.8 Å². The topological polar surface area (TPSA) is 80.3 Å². The molecule has 2 amide bonds. The lowest BCUT2D eigenvalue weighted by atomic mass is 10.2. The fourth-order valence-electron chi connectivity index (χ4n) is 1.83. The lowest BCUT2D eigenvalue weighted by molar-refractivity contribution is -0.117. The van der Waals surface area contributed by atoms with Gasteiger partial charge in [0.25, 0.3) is 0 Å². The first kappa shape index (κ1) is 17.2. The Kier molecular flexibility index (Phi) is 5.54. The Morgan fingerprint density at radius 2 is 2.04 bits per heavy atom. The summed E-state index contributed by atoms with van der Waals surface area (Å²) in [7, 11) is 0. The van der Waals surface area contributed by atoms with Crippen LogP contribution in [0, 0.1) is 12.8 Å². The molecule has 0 unspecified atom stereocenters. The van der Waals surface area contributed by atoms with Crippen LogP contribution in [-0.4, -0.2) is 29.6 Å². The lowest BCUT2D eigenvalue weighted by Gasteiger charge is -2.13. The molecule has 0 aliphatic heterocycles. The Morgan fingerprint density at radius 3 is 2.74 bits per heavy atom. The van der Waals surface area contributed by atoms with Crippen molar-refractivity contribution in [2.24, 2.45) is 5.92 Å². The average Bonchev–Trinajstić information content (AvgIpc) is 2.86. The number of benzene rings is 1. The quantitative estimate of drug-likeness (QED) is 0.878. The molecule has 1 atom stereocenters. The summed E-state index contributed by atoms with van der Waals surface area (Å²) in [6.45, 7) is 7.81. The van der Waals surface area contributed by atoms with Crippen LogP contribution in [0.2, 0.25) is 0 Å². The molecule has 0 radical (unpaired) electrons. The maximum atomic E-state index is 12.1. The van der Waals surface area contributed by atoms with Crippen LogP contribution in [-0.2, 0) is 9.53 Å². The smallest absolute Gasteiger partial charge is 0.407 e. The molecule has 1 heterocycles. The Balaban J connectivity index is 1.93. The van der Waals surface area contributed by atoms with E-state index in [-0.39, 0.29) is 11.8 Å². The molecule has 1 aromatic heterocycles. The molecule has 2 aromatic rings. The van der Waals surface area contributed by atoms with Crippen LogP contribution in [0.15, 0.2) is 18.2 Å². The van der Waals surface area contributed by atoms with Crippen molar-refractivity contribution in [3.8, 4) is 0 Å². The van der Waals surface area contributed by atoms with Crippen LogP contribution >= 0.6 is 11.3 Å². The maximum absolute atomic E-state index is 12.1. The standard InChI is InChI=1S/C16H21N3O3S/c1-9(2)8-22-16(21)17-11(4)14(20)19-15-18-12-6-5-10(3)7-13(12)23-15/h5-7,9,11H,8H2,1-4H3,(H,17,21)(H,18,19,20)/t11-/m0/s1. The first-order chi connectivity index (χ1) is 10.8. The Morgan fingerprint density at radius 1 is 1.30 bits per heavy atom. The van der Waals surface area contributed by atoms with E-state index in [4.69, 9.17) is 4.74 Å². The molecule has 0 spiro atoms. The van der Waals surface area contributed by atoms with Gasteiger partial charge in [0, 0.05) is 0 Å². The molecule has 0 saturated heterocycles. The fourth-order valence-corrected chi connectivity index (χ4v) is 2.79. The average molecular weight is 335 g/mol. The van der Waals surface area contributed by atoms with Gasteiger partial charge >= 0.3 is 6.09 Å². The van der Waals surface area contributed by atoms with Gasteiger partial charge in [0.15, 0.2) is 5.13 Å². The number of alkyl carbamates (subject to hydrolysis) is 1. The number of fused-ring (bicyclic) bond motifs is 1. The van der Waals surface area contributed by atoms with Gasteiger partial charge in [-0.1, -0.05) is 31.3 Å². The minimum absolute atomic E-state index is 0.246. The molecule has 0 aliphatic carbocycles. The SMILES string of the molecule is Cc1ccc2nc(NC(=O)[C@H](C)NC(=O)OCC(C)C)sc2c1. The molecule has 0 fully saturated rings. The van der Waals surface area contributed by atoms with Crippen molar-refractivity contribution in [1.29, 1.82) is 0 Å². The number of carbonyl (C=O) groups excluding carboxylic acids is 2. The number of nitrogens with one attached hydrogen (secondary N) is 2. The highest BCUT2D eigenvalue weighted by atomic mass is 32.1. The van der Waals surface area contributed by atoms with Crippen molar-refractivity contribution in [1.82, 2.24) is 10.3 Å². The Hall–Kier alpha value is -2.15. The van der Waals surface area contributed by atoms with Gasteiger partial charge in [-0.05, 0) is 37.5 Å². The number of hydrogen-bond donors (Lipinski definition) is 2. The van der Waals surface area contributed by atoms with E-state index in [9.17, 15) is 9.59 Å². The van der Waals surface area contributed by atoms with Gasteiger partial charge in [0.2, 0.25) is 5.91 Å². The number of ether oxygens (including phenoxy) is 1. The summed E-state index contributed by atoms with van der Waals surface area (Å²) >= 11 is 1.40. The molecule has 0 aliphatic rings. The highest BCUT2D eigenvalue weighted by Gasteiger charge is 2.18. The lowest BCUT2D eigenvalue weighted by Crippen LogP contribution is -2.42. The number of rotatable bonds is 5. The van der Waals surface area contributed by atoms with Gasteiger partial charge in [-0.15, -0.1) is 0 Å². The number of amides is 2. The minimum atomic E-state index is -0.705. The van der Waals surface area contributed by atoms with E-state index < -0.39 is 12.1 Å². The molecular weight excluding hydrogens is 314 g/mol. The van der Waals surface area contributed by atoms with Crippen LogP contribution < -0.4 is 10.6 Å². The zero-order valence-electron chi connectivity index (χ0n) is 13.7. The van der Waals surface area contributed by atoms with E-state index in [1.165, 1.54) is 11.3 Å². The van der Waals surface area contributed by atoms with Crippen molar-refractivity contribution >= 4 is 38.7 Å². The highest BCUT2D eigenvalue weighted by Crippen LogP contribution is 2.26. The summed E-state index contributed by atoms with van der Waals surface area (Å²) < 4.78 is 6.00. The zero-order valence-corrected chi connectivity index (χ0v) is 14.5. The number of aromatic nitrogens is 1. The van der Waals surface area contributed by atoms with Gasteiger partial charge < -0.3 is 15.4 Å². The summed E-state index contributed by atoms with van der Waals surface area (Å²) in [6, 6.07) is 5.21. The summed E-state index contributed by atoms with van der Waals surface area (Å²) in [4.78, 5) is 28.0. The number of carbonyl (C=O) groups is 2. The van der Waals surface area contributed by atoms with Gasteiger partial charge in [-0.2, -0.15) is 0 Å². The maximum Gasteiger partial charge on any atom is 0.407 e. The van der Waals surface area contributed by atoms with Crippen LogP contribution in [0.1, 0.15) is 26.3 Å². The summed E-state index contributed by atoms with van der Waals surface area (Å²) in [5, 5.41) is 5.73. The van der Waals surface area contributed by atoms with E-state index in [1.54, 1.807) is 6.92 Å². The molecule has 1 aromatic carbocycles. The summed E-state index contributed by atoms with van der Waals surface area (Å²) in [5.41, 5.74) is 1.98. The van der Waals surface area contributed by atoms with Crippen LogP contribution in [0.4, 0.5) is 9.93 Å². The molecule has 0 saturated carbocycles. The zero-order chi connectivity index (χ0) is 17.0. The second kappa shape index (κ2) is 7.41. The van der Waals surface area contributed by atoms with Gasteiger partial charge in [-0.3, -0.25) is 4.79 Å². The molecular formula is C16H21N3O3S. The second-order valence-corrected chi connectivity index (χ2v) is 6.87. The third-order valence-electron chi connectivity index (χ3n) is 3.05. The number of nitrogens with zero attached hydrogens (tertiary/aromatic N) is 1. The number of thiazole rings is 1. The first-order valence-corrected chi connectivity index (χ1v) is 8.28. The number of anilines is 1.